The van der Waals surface area contributed by atoms with Crippen LogP contribution in [0.4, 0.5) is 0 Å². The van der Waals surface area contributed by atoms with Crippen LogP contribution in [0.15, 0.2) is 72.8 Å². The van der Waals surface area contributed by atoms with E-state index >= 15 is 0 Å². The highest BCUT2D eigenvalue weighted by Crippen LogP contribution is 2.39. The van der Waals surface area contributed by atoms with Crippen LogP contribution < -0.4 is 0 Å². The fraction of sp³-hybridized carbons (Fsp3) is 0.188. The van der Waals surface area contributed by atoms with Crippen molar-refractivity contribution >= 4 is 59.2 Å². The summed E-state index contributed by atoms with van der Waals surface area (Å²) in [4.78, 5) is 0. The van der Waals surface area contributed by atoms with E-state index in [1.807, 2.05) is 0 Å². The molecular weight excluding hydrogens is 441 g/mol. The molecule has 0 spiro atoms. The minimum absolute atomic E-state index is 1.14. The third kappa shape index (κ3) is 4.16. The van der Waals surface area contributed by atoms with Gasteiger partial charge in [-0.1, -0.05) is 124 Å². The van der Waals surface area contributed by atoms with Gasteiger partial charge >= 0.3 is 0 Å². The van der Waals surface area contributed by atoms with Gasteiger partial charge in [0.15, 0.2) is 0 Å². The van der Waals surface area contributed by atoms with E-state index in [4.69, 9.17) is 0 Å². The van der Waals surface area contributed by atoms with E-state index in [1.54, 1.807) is 0 Å². The molecule has 5 rings (SSSR count). The fourth-order valence-corrected chi connectivity index (χ4v) is 5.53. The molecule has 5 aromatic carbocycles. The Morgan fingerprint density at radius 3 is 1.29 bits per heavy atom. The Labute approximate surface area is 205 Å². The molecule has 0 nitrogen and oxygen atoms in total. The van der Waals surface area contributed by atoms with Crippen molar-refractivity contribution in [1.82, 2.24) is 0 Å². The molecule has 0 aliphatic carbocycles. The van der Waals surface area contributed by atoms with Crippen molar-refractivity contribution in [2.75, 3.05) is 0 Å². The van der Waals surface area contributed by atoms with Gasteiger partial charge in [0.25, 0.3) is 0 Å². The molecule has 0 saturated heterocycles. The zero-order valence-corrected chi connectivity index (χ0v) is 22.9. The molecular formula is C32H30Si2. The average molecular weight is 471 g/mol. The van der Waals surface area contributed by atoms with Crippen LogP contribution in [0.2, 0.25) is 39.3 Å². The second-order valence-electron chi connectivity index (χ2n) is 11.2. The monoisotopic (exact) mass is 470 g/mol. The van der Waals surface area contributed by atoms with Gasteiger partial charge in [-0.15, -0.1) is 11.1 Å². The molecule has 0 unspecified atom stereocenters. The van der Waals surface area contributed by atoms with Crippen LogP contribution in [0.3, 0.4) is 0 Å². The summed E-state index contributed by atoms with van der Waals surface area (Å²) in [5.74, 6) is 7.40. The van der Waals surface area contributed by atoms with Gasteiger partial charge in [0, 0.05) is 21.9 Å². The zero-order chi connectivity index (χ0) is 24.1. The van der Waals surface area contributed by atoms with Crippen LogP contribution in [0.25, 0.3) is 43.1 Å². The Morgan fingerprint density at radius 2 is 0.853 bits per heavy atom. The first-order valence-electron chi connectivity index (χ1n) is 12.0. The molecule has 0 aromatic heterocycles. The van der Waals surface area contributed by atoms with Gasteiger partial charge in [-0.05, 0) is 32.3 Å². The van der Waals surface area contributed by atoms with Crippen molar-refractivity contribution < 1.29 is 0 Å². The topological polar surface area (TPSA) is 0 Å². The summed E-state index contributed by atoms with van der Waals surface area (Å²) in [6.07, 6.45) is 0. The highest BCUT2D eigenvalue weighted by Gasteiger charge is 2.18. The zero-order valence-electron chi connectivity index (χ0n) is 20.9. The molecule has 0 N–H and O–H groups in total. The lowest BCUT2D eigenvalue weighted by atomic mass is 9.87. The van der Waals surface area contributed by atoms with E-state index in [9.17, 15) is 0 Å². The normalized spacial score (nSPS) is 11.9. The summed E-state index contributed by atoms with van der Waals surface area (Å²) in [5, 5.41) is 9.92. The lowest BCUT2D eigenvalue weighted by Crippen LogP contribution is -2.16. The summed E-state index contributed by atoms with van der Waals surface area (Å²) in [5.41, 5.74) is 9.63. The van der Waals surface area contributed by atoms with Gasteiger partial charge in [0.1, 0.15) is 16.1 Å². The summed E-state index contributed by atoms with van der Waals surface area (Å²) in [7, 11) is -3.15. The van der Waals surface area contributed by atoms with Gasteiger partial charge in [-0.3, -0.25) is 0 Å². The first-order chi connectivity index (χ1) is 16.1. The molecule has 0 saturated carbocycles. The molecule has 0 radical (unpaired) electrons. The van der Waals surface area contributed by atoms with Gasteiger partial charge in [-0.25, -0.2) is 0 Å². The number of benzene rings is 5. The molecule has 0 bridgehead atoms. The smallest absolute Gasteiger partial charge is 0.127 e. The predicted molar refractivity (Wildman–Crippen MR) is 157 cm³/mol. The first kappa shape index (κ1) is 22.5. The minimum Gasteiger partial charge on any atom is -0.127 e. The Morgan fingerprint density at radius 1 is 0.441 bits per heavy atom. The van der Waals surface area contributed by atoms with Gasteiger partial charge in [0.2, 0.25) is 0 Å². The summed E-state index contributed by atoms with van der Waals surface area (Å²) in [6.45, 7) is 13.9. The van der Waals surface area contributed by atoms with Crippen molar-refractivity contribution in [3.05, 3.63) is 83.9 Å². The lowest BCUT2D eigenvalue weighted by Gasteiger charge is -2.16. The van der Waals surface area contributed by atoms with Crippen molar-refractivity contribution in [1.29, 1.82) is 0 Å². The Balaban J connectivity index is 2.12. The first-order valence-corrected chi connectivity index (χ1v) is 19.0. The summed E-state index contributed by atoms with van der Waals surface area (Å²) >= 11 is 0. The molecule has 0 fully saturated rings. The van der Waals surface area contributed by atoms with Crippen LogP contribution in [0.5, 0.6) is 0 Å². The summed E-state index contributed by atoms with van der Waals surface area (Å²) in [6, 6.07) is 26.4. The van der Waals surface area contributed by atoms with E-state index in [2.05, 4.69) is 135 Å². The largest absolute Gasteiger partial charge is 0.129 e. The SMILES string of the molecule is C[Si](C)(C)C#Cc1c2ccc3ccccc3c2c(C#C[Si](C)(C)C)c2c1ccc1ccccc12. The molecule has 0 heterocycles. The number of fused-ring (bicyclic) bond motifs is 6. The third-order valence-electron chi connectivity index (χ3n) is 6.02. The molecule has 0 amide bonds. The molecule has 34 heavy (non-hydrogen) atoms. The van der Waals surface area contributed by atoms with Crippen LogP contribution in [0, 0.1) is 22.9 Å². The molecule has 2 heteroatoms. The number of hydrogen-bond donors (Lipinski definition) is 0. The van der Waals surface area contributed by atoms with E-state index in [0.717, 1.165) is 11.1 Å². The second kappa shape index (κ2) is 8.17. The van der Waals surface area contributed by atoms with E-state index in [-0.39, 0.29) is 0 Å². The summed E-state index contributed by atoms with van der Waals surface area (Å²) < 4.78 is 0. The molecule has 5 aromatic rings. The fourth-order valence-electron chi connectivity index (χ4n) is 4.53. The minimum atomic E-state index is -1.59. The van der Waals surface area contributed by atoms with Gasteiger partial charge in [0.05, 0.1) is 0 Å². The van der Waals surface area contributed by atoms with E-state index in [0.29, 0.717) is 0 Å². The van der Waals surface area contributed by atoms with Gasteiger partial charge < -0.3 is 0 Å². The Hall–Kier alpha value is -3.31. The van der Waals surface area contributed by atoms with Crippen molar-refractivity contribution in [2.24, 2.45) is 0 Å². The van der Waals surface area contributed by atoms with Crippen LogP contribution in [0.1, 0.15) is 11.1 Å². The van der Waals surface area contributed by atoms with E-state index in [1.165, 1.54) is 43.1 Å². The van der Waals surface area contributed by atoms with Crippen molar-refractivity contribution in [3.63, 3.8) is 0 Å². The number of hydrogen-bond acceptors (Lipinski definition) is 0. The highest BCUT2D eigenvalue weighted by molar-refractivity contribution is 6.84. The Kier molecular flexibility index (Phi) is 5.40. The maximum absolute atomic E-state index is 3.73. The standard InChI is InChI=1S/C32H30Si2/c1-33(2,3)21-19-27-28-17-15-23-11-7-9-13-25(23)31(28)30(20-22-34(4,5)6)32-26-14-10-8-12-24(26)16-18-29(27)32/h7-18H,1-6H3. The second-order valence-corrected chi connectivity index (χ2v) is 20.7. The maximum atomic E-state index is 3.73. The van der Waals surface area contributed by atoms with Crippen molar-refractivity contribution in [3.8, 4) is 22.9 Å². The molecule has 0 aliphatic heterocycles. The van der Waals surface area contributed by atoms with Crippen LogP contribution in [-0.4, -0.2) is 16.1 Å². The lowest BCUT2D eigenvalue weighted by molar-refractivity contribution is 1.73. The molecule has 0 atom stereocenters. The Bertz CT molecular complexity index is 1620. The third-order valence-corrected chi connectivity index (χ3v) is 7.77. The number of rotatable bonds is 0. The molecule has 0 aliphatic rings. The maximum Gasteiger partial charge on any atom is 0.129 e. The van der Waals surface area contributed by atoms with Crippen LogP contribution >= 0.6 is 0 Å². The van der Waals surface area contributed by atoms with Crippen molar-refractivity contribution in [2.45, 2.75) is 39.3 Å². The predicted octanol–water partition coefficient (Wildman–Crippen LogP) is 8.76. The average Bonchev–Trinajstić information content (AvgIpc) is 2.79. The highest BCUT2D eigenvalue weighted by atomic mass is 28.3. The quantitative estimate of drug-likeness (QED) is 0.0918. The van der Waals surface area contributed by atoms with Gasteiger partial charge in [-0.2, -0.15) is 0 Å². The van der Waals surface area contributed by atoms with E-state index < -0.39 is 16.1 Å². The van der Waals surface area contributed by atoms with Crippen LogP contribution in [-0.2, 0) is 0 Å². The molecule has 166 valence electrons.